The van der Waals surface area contributed by atoms with Crippen LogP contribution in [-0.4, -0.2) is 6.61 Å². The van der Waals surface area contributed by atoms with Crippen LogP contribution in [0.4, 0.5) is 26.3 Å². The van der Waals surface area contributed by atoms with Gasteiger partial charge in [-0.2, -0.15) is 4.39 Å². The van der Waals surface area contributed by atoms with E-state index in [0.717, 1.165) is 31.3 Å². The number of ether oxygens (including phenoxy) is 1. The largest absolute Gasteiger partial charge is 0.491 e. The molecule has 0 amide bonds. The van der Waals surface area contributed by atoms with E-state index < -0.39 is 34.9 Å². The van der Waals surface area contributed by atoms with Crippen LogP contribution in [-0.2, 0) is 0 Å². The maximum absolute atomic E-state index is 15.2. The van der Waals surface area contributed by atoms with Gasteiger partial charge in [0.25, 0.3) is 0 Å². The first-order valence-corrected chi connectivity index (χ1v) is 13.9. The minimum Gasteiger partial charge on any atom is -0.491 e. The highest BCUT2D eigenvalue weighted by atomic mass is 19.2. The Bertz CT molecular complexity index is 1440. The average molecular weight is 559 g/mol. The third kappa shape index (κ3) is 5.27. The molecule has 3 aromatic rings. The maximum atomic E-state index is 15.2. The van der Waals surface area contributed by atoms with Crippen molar-refractivity contribution in [2.45, 2.75) is 64.7 Å². The van der Waals surface area contributed by atoms with Crippen LogP contribution in [0.5, 0.6) is 5.75 Å². The van der Waals surface area contributed by atoms with Crippen molar-refractivity contribution in [1.82, 2.24) is 0 Å². The fourth-order valence-electron chi connectivity index (χ4n) is 6.42. The minimum absolute atomic E-state index is 0.0861. The lowest BCUT2D eigenvalue weighted by molar-refractivity contribution is 0.219. The van der Waals surface area contributed by atoms with Gasteiger partial charge in [-0.15, -0.1) is 0 Å². The van der Waals surface area contributed by atoms with E-state index in [1.807, 2.05) is 6.08 Å². The zero-order chi connectivity index (χ0) is 28.6. The summed E-state index contributed by atoms with van der Waals surface area (Å²) in [5.41, 5.74) is 0.848. The molecule has 0 bridgehead atoms. The van der Waals surface area contributed by atoms with Crippen LogP contribution in [0.2, 0.25) is 0 Å². The van der Waals surface area contributed by atoms with Gasteiger partial charge in [-0.1, -0.05) is 30.3 Å². The molecule has 2 aliphatic carbocycles. The fraction of sp³-hybridized carbons (Fsp3) is 0.394. The molecule has 0 spiro atoms. The van der Waals surface area contributed by atoms with Gasteiger partial charge in [-0.3, -0.25) is 0 Å². The molecule has 1 unspecified atom stereocenters. The van der Waals surface area contributed by atoms with Gasteiger partial charge in [-0.25, -0.2) is 22.0 Å². The Morgan fingerprint density at radius 1 is 0.650 bits per heavy atom. The highest BCUT2D eigenvalue weighted by molar-refractivity contribution is 5.68. The highest BCUT2D eigenvalue weighted by Crippen LogP contribution is 2.45. The number of halogens is 6. The molecule has 5 rings (SSSR count). The molecular weight excluding hydrogens is 526 g/mol. The van der Waals surface area contributed by atoms with E-state index in [4.69, 9.17) is 4.74 Å². The molecular formula is C33H32F6O. The molecule has 0 N–H and O–H groups in total. The predicted octanol–water partition coefficient (Wildman–Crippen LogP) is 10.1. The number of hydrogen-bond donors (Lipinski definition) is 0. The predicted molar refractivity (Wildman–Crippen MR) is 144 cm³/mol. The zero-order valence-electron chi connectivity index (χ0n) is 22.6. The van der Waals surface area contributed by atoms with Gasteiger partial charge in [0, 0.05) is 16.7 Å². The first-order chi connectivity index (χ1) is 19.2. The summed E-state index contributed by atoms with van der Waals surface area (Å²) in [6.07, 6.45) is 7.35. The van der Waals surface area contributed by atoms with Gasteiger partial charge in [0.1, 0.15) is 0 Å². The molecule has 2 aliphatic rings. The summed E-state index contributed by atoms with van der Waals surface area (Å²) in [5, 5.41) is 0. The lowest BCUT2D eigenvalue weighted by Crippen LogP contribution is -2.23. The third-order valence-electron chi connectivity index (χ3n) is 8.70. The molecule has 0 heterocycles. The standard InChI is InChI=1S/C33H32F6O/c1-3-40-27-17-16-24(30(36)33(27)39)22-11-7-20(8-12-22)19-5-9-21(10-6-19)23-14-15-26(32(38)29(23)35)25-13-4-18(2)28(34)31(25)37/h4,11,13-17,19-21H,3,5-10,12H2,1-2H3. The van der Waals surface area contributed by atoms with Crippen LogP contribution >= 0.6 is 0 Å². The van der Waals surface area contributed by atoms with E-state index in [1.165, 1.54) is 37.3 Å². The smallest absolute Gasteiger partial charge is 0.201 e. The second kappa shape index (κ2) is 11.7. The van der Waals surface area contributed by atoms with Crippen LogP contribution in [0.25, 0.3) is 16.7 Å². The molecule has 1 saturated carbocycles. The molecule has 3 aromatic carbocycles. The van der Waals surface area contributed by atoms with Crippen molar-refractivity contribution in [1.29, 1.82) is 0 Å². The van der Waals surface area contributed by atoms with Gasteiger partial charge in [0.05, 0.1) is 6.61 Å². The fourth-order valence-corrected chi connectivity index (χ4v) is 6.42. The van der Waals surface area contributed by atoms with Crippen molar-refractivity contribution in [3.63, 3.8) is 0 Å². The molecule has 1 fully saturated rings. The lowest BCUT2D eigenvalue weighted by atomic mass is 9.70. The Kier molecular flexibility index (Phi) is 8.29. The molecule has 212 valence electrons. The van der Waals surface area contributed by atoms with E-state index >= 15 is 8.78 Å². The summed E-state index contributed by atoms with van der Waals surface area (Å²) >= 11 is 0. The minimum atomic E-state index is -1.19. The molecule has 0 aromatic heterocycles. The monoisotopic (exact) mass is 558 g/mol. The Labute approximate surface area is 230 Å². The molecule has 0 saturated heterocycles. The van der Waals surface area contributed by atoms with E-state index in [1.54, 1.807) is 13.0 Å². The van der Waals surface area contributed by atoms with Gasteiger partial charge in [0.2, 0.25) is 5.82 Å². The summed E-state index contributed by atoms with van der Waals surface area (Å²) in [5.74, 6) is -5.71. The summed E-state index contributed by atoms with van der Waals surface area (Å²) < 4.78 is 92.8. The van der Waals surface area contributed by atoms with Crippen molar-refractivity contribution in [3.8, 4) is 16.9 Å². The van der Waals surface area contributed by atoms with Gasteiger partial charge in [0.15, 0.2) is 34.8 Å². The van der Waals surface area contributed by atoms with E-state index in [9.17, 15) is 17.6 Å². The lowest BCUT2D eigenvalue weighted by Gasteiger charge is -2.36. The first kappa shape index (κ1) is 28.3. The molecule has 1 nitrogen and oxygen atoms in total. The van der Waals surface area contributed by atoms with Crippen molar-refractivity contribution in [3.05, 3.63) is 94.1 Å². The van der Waals surface area contributed by atoms with Crippen LogP contribution in [0.3, 0.4) is 0 Å². The summed E-state index contributed by atoms with van der Waals surface area (Å²) in [6.45, 7) is 3.37. The van der Waals surface area contributed by atoms with Crippen LogP contribution in [0.1, 0.15) is 74.5 Å². The summed E-state index contributed by atoms with van der Waals surface area (Å²) in [6, 6.07) is 8.48. The van der Waals surface area contributed by atoms with Gasteiger partial charge >= 0.3 is 0 Å². The quantitative estimate of drug-likeness (QED) is 0.274. The van der Waals surface area contributed by atoms with Crippen molar-refractivity contribution in [2.75, 3.05) is 6.61 Å². The molecule has 7 heteroatoms. The average Bonchev–Trinajstić information content (AvgIpc) is 2.97. The number of benzene rings is 3. The number of aryl methyl sites for hydroxylation is 1. The SMILES string of the molecule is CCOc1ccc(C2=CCC(C3CCC(c4ccc(-c5ccc(C)c(F)c5F)c(F)c4F)CC3)CC2)c(F)c1F. The topological polar surface area (TPSA) is 9.23 Å². The summed E-state index contributed by atoms with van der Waals surface area (Å²) in [7, 11) is 0. The number of allylic oxidation sites excluding steroid dienone is 2. The zero-order valence-corrected chi connectivity index (χ0v) is 22.6. The van der Waals surface area contributed by atoms with Crippen molar-refractivity contribution < 1.29 is 31.1 Å². The molecule has 1 atom stereocenters. The second-order valence-corrected chi connectivity index (χ2v) is 10.9. The van der Waals surface area contributed by atoms with Gasteiger partial charge in [-0.05, 0) is 105 Å². The summed E-state index contributed by atoms with van der Waals surface area (Å²) in [4.78, 5) is 0. The molecule has 0 radical (unpaired) electrons. The molecule has 0 aliphatic heterocycles. The van der Waals surface area contributed by atoms with Crippen molar-refractivity contribution >= 4 is 5.57 Å². The second-order valence-electron chi connectivity index (χ2n) is 10.9. The Hall–Kier alpha value is -3.22. The van der Waals surface area contributed by atoms with Gasteiger partial charge < -0.3 is 4.74 Å². The van der Waals surface area contributed by atoms with Crippen molar-refractivity contribution in [2.24, 2.45) is 11.8 Å². The van der Waals surface area contributed by atoms with E-state index in [0.29, 0.717) is 31.1 Å². The third-order valence-corrected chi connectivity index (χ3v) is 8.70. The van der Waals surface area contributed by atoms with Crippen LogP contribution in [0.15, 0.2) is 42.5 Å². The normalized spacial score (nSPS) is 21.3. The first-order valence-electron chi connectivity index (χ1n) is 13.9. The van der Waals surface area contributed by atoms with Crippen LogP contribution < -0.4 is 4.74 Å². The van der Waals surface area contributed by atoms with E-state index in [-0.39, 0.29) is 46.1 Å². The highest BCUT2D eigenvalue weighted by Gasteiger charge is 2.32. The Balaban J connectivity index is 1.24. The maximum Gasteiger partial charge on any atom is 0.201 e. The number of rotatable bonds is 6. The number of hydrogen-bond acceptors (Lipinski definition) is 1. The van der Waals surface area contributed by atoms with Crippen LogP contribution in [0, 0.1) is 53.7 Å². The van der Waals surface area contributed by atoms with E-state index in [2.05, 4.69) is 0 Å². The Morgan fingerprint density at radius 3 is 1.93 bits per heavy atom. The molecule has 40 heavy (non-hydrogen) atoms. The Morgan fingerprint density at radius 2 is 1.27 bits per heavy atom.